The van der Waals surface area contributed by atoms with Crippen molar-refractivity contribution in [2.45, 2.75) is 12.7 Å². The van der Waals surface area contributed by atoms with Crippen molar-refractivity contribution < 1.29 is 14.2 Å². The molecule has 0 aromatic rings. The van der Waals surface area contributed by atoms with Crippen LogP contribution in [0, 0.1) is 0 Å². The van der Waals surface area contributed by atoms with Gasteiger partial charge in [-0.15, -0.1) is 0 Å². The minimum atomic E-state index is -2.18. The largest absolute Gasteiger partial charge is 0.370 e. The third kappa shape index (κ3) is 3.16. The van der Waals surface area contributed by atoms with E-state index in [2.05, 4.69) is 4.52 Å². The van der Waals surface area contributed by atoms with Gasteiger partial charge in [-0.3, -0.25) is 4.57 Å². The quantitative estimate of drug-likeness (QED) is 0.417. The lowest BCUT2D eigenvalue weighted by Gasteiger charge is -2.02. The molecule has 0 aromatic heterocycles. The van der Waals surface area contributed by atoms with E-state index in [0.717, 1.165) is 0 Å². The third-order valence-corrected chi connectivity index (χ3v) is 1.74. The van der Waals surface area contributed by atoms with E-state index in [1.165, 1.54) is 0 Å². The van der Waals surface area contributed by atoms with Gasteiger partial charge in [0.2, 0.25) is 8.03 Å². The molecule has 0 fully saturated rings. The van der Waals surface area contributed by atoms with Crippen molar-refractivity contribution in [1.29, 1.82) is 0 Å². The van der Waals surface area contributed by atoms with Crippen molar-refractivity contribution in [3.05, 3.63) is 0 Å². The van der Waals surface area contributed by atoms with Crippen molar-refractivity contribution in [2.24, 2.45) is 5.73 Å². The molecule has 0 aromatic carbocycles. The highest BCUT2D eigenvalue weighted by Crippen LogP contribution is 2.23. The molecule has 0 spiro atoms. The van der Waals surface area contributed by atoms with Gasteiger partial charge in [0, 0.05) is 0 Å². The second-order valence-electron chi connectivity index (χ2n) is 1.38. The lowest BCUT2D eigenvalue weighted by Crippen LogP contribution is -2.10. The maximum Gasteiger partial charge on any atom is 0.209 e. The SMILES string of the molecule is CC(N)[PH](=O)OCO. The van der Waals surface area contributed by atoms with Crippen molar-refractivity contribution in [1.82, 2.24) is 0 Å². The molecule has 0 saturated heterocycles. The topological polar surface area (TPSA) is 72.6 Å². The average molecular weight is 139 g/mol. The van der Waals surface area contributed by atoms with Gasteiger partial charge in [-0.05, 0) is 6.92 Å². The molecule has 0 rings (SSSR count). The molecule has 4 nitrogen and oxygen atoms in total. The van der Waals surface area contributed by atoms with E-state index in [1.807, 2.05) is 0 Å². The summed E-state index contributed by atoms with van der Waals surface area (Å²) in [5.74, 6) is -0.466. The molecule has 0 radical (unpaired) electrons. The molecule has 8 heavy (non-hydrogen) atoms. The van der Waals surface area contributed by atoms with Crippen LogP contribution in [0.3, 0.4) is 0 Å². The minimum absolute atomic E-state index is 0.466. The number of aliphatic hydroxyl groups excluding tert-OH is 1. The van der Waals surface area contributed by atoms with E-state index < -0.39 is 20.6 Å². The summed E-state index contributed by atoms with van der Waals surface area (Å²) in [5, 5.41) is 8.03. The zero-order chi connectivity index (χ0) is 6.57. The summed E-state index contributed by atoms with van der Waals surface area (Å²) in [6, 6.07) is 0. The van der Waals surface area contributed by atoms with Gasteiger partial charge < -0.3 is 15.4 Å². The van der Waals surface area contributed by atoms with Gasteiger partial charge in [-0.1, -0.05) is 0 Å². The lowest BCUT2D eigenvalue weighted by atomic mass is 10.8. The molecule has 0 aliphatic heterocycles. The summed E-state index contributed by atoms with van der Waals surface area (Å²) in [7, 11) is -2.18. The smallest absolute Gasteiger partial charge is 0.209 e. The van der Waals surface area contributed by atoms with E-state index >= 15 is 0 Å². The van der Waals surface area contributed by atoms with E-state index in [1.54, 1.807) is 6.92 Å². The Morgan fingerprint density at radius 2 is 2.50 bits per heavy atom. The van der Waals surface area contributed by atoms with Crippen LogP contribution in [0.1, 0.15) is 6.92 Å². The van der Waals surface area contributed by atoms with E-state index in [9.17, 15) is 4.57 Å². The highest BCUT2D eigenvalue weighted by molar-refractivity contribution is 7.39. The van der Waals surface area contributed by atoms with Crippen molar-refractivity contribution in [3.8, 4) is 0 Å². The second kappa shape index (κ2) is 4.04. The van der Waals surface area contributed by atoms with Crippen molar-refractivity contribution >= 4 is 8.03 Å². The number of hydrogen-bond donors (Lipinski definition) is 2. The Morgan fingerprint density at radius 3 is 2.62 bits per heavy atom. The molecule has 2 atom stereocenters. The predicted molar refractivity (Wildman–Crippen MR) is 30.8 cm³/mol. The normalized spacial score (nSPS) is 17.9. The molecule has 0 saturated carbocycles. The minimum Gasteiger partial charge on any atom is -0.370 e. The number of aliphatic hydroxyl groups is 1. The maximum absolute atomic E-state index is 10.4. The van der Waals surface area contributed by atoms with Gasteiger partial charge in [0.25, 0.3) is 0 Å². The molecule has 0 aliphatic rings. The summed E-state index contributed by atoms with van der Waals surface area (Å²) in [5.41, 5.74) is 5.12. The average Bonchev–Trinajstić information content (AvgIpc) is 1.67. The van der Waals surface area contributed by atoms with E-state index in [-0.39, 0.29) is 0 Å². The summed E-state index contributed by atoms with van der Waals surface area (Å²) in [6.07, 6.45) is 0. The summed E-state index contributed by atoms with van der Waals surface area (Å²) >= 11 is 0. The van der Waals surface area contributed by atoms with Crippen LogP contribution in [-0.4, -0.2) is 17.7 Å². The Bertz CT molecular complexity index is 84.6. The Kier molecular flexibility index (Phi) is 4.09. The molecule has 3 N–H and O–H groups in total. The van der Waals surface area contributed by atoms with Crippen LogP contribution in [-0.2, 0) is 9.09 Å². The van der Waals surface area contributed by atoms with Crippen LogP contribution in [0.2, 0.25) is 0 Å². The van der Waals surface area contributed by atoms with Crippen LogP contribution >= 0.6 is 8.03 Å². The van der Waals surface area contributed by atoms with Crippen LogP contribution in [0.15, 0.2) is 0 Å². The summed E-state index contributed by atoms with van der Waals surface area (Å²) in [6.45, 7) is 1.05. The van der Waals surface area contributed by atoms with Crippen molar-refractivity contribution in [2.75, 3.05) is 6.79 Å². The summed E-state index contributed by atoms with van der Waals surface area (Å²) < 4.78 is 14.7. The van der Waals surface area contributed by atoms with Gasteiger partial charge in [-0.2, -0.15) is 0 Å². The van der Waals surface area contributed by atoms with Crippen LogP contribution < -0.4 is 5.73 Å². The fourth-order valence-corrected chi connectivity index (χ4v) is 0.585. The first-order valence-electron chi connectivity index (χ1n) is 2.21. The third-order valence-electron chi connectivity index (χ3n) is 0.579. The Labute approximate surface area is 48.5 Å². The fraction of sp³-hybridized carbons (Fsp3) is 1.00. The first-order valence-corrected chi connectivity index (χ1v) is 3.61. The van der Waals surface area contributed by atoms with Gasteiger partial charge in [0.05, 0.1) is 5.78 Å². The molecule has 0 amide bonds. The molecule has 50 valence electrons. The number of nitrogens with two attached hydrogens (primary N) is 1. The predicted octanol–water partition coefficient (Wildman–Crippen LogP) is -0.268. The Balaban J connectivity index is 3.33. The van der Waals surface area contributed by atoms with Gasteiger partial charge in [0.15, 0.2) is 6.79 Å². The first kappa shape index (κ1) is 8.11. The molecule has 2 unspecified atom stereocenters. The number of rotatable bonds is 3. The van der Waals surface area contributed by atoms with Crippen molar-refractivity contribution in [3.63, 3.8) is 0 Å². The lowest BCUT2D eigenvalue weighted by molar-refractivity contribution is 0.105. The molecule has 0 aliphatic carbocycles. The Morgan fingerprint density at radius 1 is 2.00 bits per heavy atom. The standard InChI is InChI=1S/C3H10NO3P/c1-3(4)8(6)7-2-5/h3,5,8H,2,4H2,1H3. The van der Waals surface area contributed by atoms with Gasteiger partial charge in [-0.25, -0.2) is 0 Å². The van der Waals surface area contributed by atoms with E-state index in [0.29, 0.717) is 0 Å². The Hall–Kier alpha value is 0.110. The maximum atomic E-state index is 10.4. The second-order valence-corrected chi connectivity index (χ2v) is 3.22. The monoisotopic (exact) mass is 139 g/mol. The zero-order valence-corrected chi connectivity index (χ0v) is 5.63. The molecular formula is C3H10NO3P. The molecular weight excluding hydrogens is 129 g/mol. The van der Waals surface area contributed by atoms with Crippen LogP contribution in [0.4, 0.5) is 0 Å². The highest BCUT2D eigenvalue weighted by atomic mass is 31.1. The fourth-order valence-electron chi connectivity index (χ4n) is 0.195. The zero-order valence-electron chi connectivity index (χ0n) is 4.63. The summed E-state index contributed by atoms with van der Waals surface area (Å²) in [4.78, 5) is 0. The number of hydrogen-bond acceptors (Lipinski definition) is 4. The molecule has 5 heteroatoms. The van der Waals surface area contributed by atoms with Crippen LogP contribution in [0.5, 0.6) is 0 Å². The van der Waals surface area contributed by atoms with E-state index in [4.69, 9.17) is 10.8 Å². The first-order chi connectivity index (χ1) is 3.68. The van der Waals surface area contributed by atoms with Gasteiger partial charge in [0.1, 0.15) is 0 Å². The van der Waals surface area contributed by atoms with Crippen LogP contribution in [0.25, 0.3) is 0 Å². The highest BCUT2D eigenvalue weighted by Gasteiger charge is 2.02. The molecule has 0 heterocycles. The van der Waals surface area contributed by atoms with Gasteiger partial charge >= 0.3 is 0 Å². The molecule has 0 bridgehead atoms.